The number of carbonyl (C=O) groups is 2. The molecule has 0 radical (unpaired) electrons. The Labute approximate surface area is 119 Å². The van der Waals surface area contributed by atoms with Crippen LogP contribution in [0, 0.1) is 11.6 Å². The highest BCUT2D eigenvalue weighted by Crippen LogP contribution is 2.18. The molecule has 6 heteroatoms. The van der Waals surface area contributed by atoms with E-state index >= 15 is 0 Å². The average molecular weight is 291 g/mol. The summed E-state index contributed by atoms with van der Waals surface area (Å²) in [7, 11) is 0. The van der Waals surface area contributed by atoms with Crippen molar-refractivity contribution in [1.82, 2.24) is 0 Å². The van der Waals surface area contributed by atoms with Crippen LogP contribution in [0.1, 0.15) is 20.7 Å². The molecule has 0 fully saturated rings. The molecule has 2 aromatic carbocycles. The van der Waals surface area contributed by atoms with Crippen LogP contribution in [-0.2, 0) is 0 Å². The molecule has 0 aliphatic heterocycles. The van der Waals surface area contributed by atoms with Gasteiger partial charge in [0.1, 0.15) is 17.4 Å². The van der Waals surface area contributed by atoms with E-state index in [0.717, 1.165) is 18.2 Å². The number of ketones is 1. The molecule has 0 atom stereocenters. The molecular weight excluding hydrogens is 280 g/mol. The van der Waals surface area contributed by atoms with Crippen LogP contribution in [0.4, 0.5) is 8.78 Å². The molecule has 21 heavy (non-hydrogen) atoms. The van der Waals surface area contributed by atoms with E-state index in [2.05, 4.69) is 0 Å². The molecule has 0 bridgehead atoms. The van der Waals surface area contributed by atoms with Crippen LogP contribution in [0.3, 0.4) is 0 Å². The standard InChI is InChI=1S/C15H11F2NO3/c16-9-5-6-12(17)11(7-9)13(19)8-21-14-4-2-1-3-10(14)15(18)20/h1-7H,8H2,(H2,18,20). The minimum Gasteiger partial charge on any atom is -0.485 e. The highest BCUT2D eigenvalue weighted by molar-refractivity contribution is 5.98. The molecule has 0 aromatic heterocycles. The number of para-hydroxylation sites is 1. The summed E-state index contributed by atoms with van der Waals surface area (Å²) in [6, 6.07) is 8.63. The third-order valence-corrected chi connectivity index (χ3v) is 2.74. The maximum atomic E-state index is 13.4. The SMILES string of the molecule is NC(=O)c1ccccc1OCC(=O)c1cc(F)ccc1F. The smallest absolute Gasteiger partial charge is 0.252 e. The van der Waals surface area contributed by atoms with E-state index < -0.39 is 35.5 Å². The topological polar surface area (TPSA) is 69.4 Å². The van der Waals surface area contributed by atoms with Crippen molar-refractivity contribution in [3.63, 3.8) is 0 Å². The molecule has 1 amide bonds. The van der Waals surface area contributed by atoms with Gasteiger partial charge in [-0.15, -0.1) is 0 Å². The first-order chi connectivity index (χ1) is 9.99. The van der Waals surface area contributed by atoms with Gasteiger partial charge in [-0.2, -0.15) is 0 Å². The van der Waals surface area contributed by atoms with Crippen molar-refractivity contribution in [2.24, 2.45) is 5.73 Å². The van der Waals surface area contributed by atoms with Gasteiger partial charge in [0.2, 0.25) is 5.78 Å². The Hall–Kier alpha value is -2.76. The van der Waals surface area contributed by atoms with Gasteiger partial charge in [0, 0.05) is 0 Å². The van der Waals surface area contributed by atoms with Crippen LogP contribution in [0.15, 0.2) is 42.5 Å². The zero-order valence-corrected chi connectivity index (χ0v) is 10.8. The number of Topliss-reactive ketones (excluding diaryl/α,β-unsaturated/α-hetero) is 1. The maximum absolute atomic E-state index is 13.4. The number of carbonyl (C=O) groups excluding carboxylic acids is 2. The highest BCUT2D eigenvalue weighted by Gasteiger charge is 2.15. The average Bonchev–Trinajstić information content (AvgIpc) is 2.47. The zero-order valence-electron chi connectivity index (χ0n) is 10.8. The fraction of sp³-hybridized carbons (Fsp3) is 0.0667. The molecule has 4 nitrogen and oxygen atoms in total. The lowest BCUT2D eigenvalue weighted by molar-refractivity contribution is 0.0908. The second kappa shape index (κ2) is 6.13. The molecule has 0 saturated heterocycles. The number of primary amides is 1. The van der Waals surface area contributed by atoms with Crippen molar-refractivity contribution in [3.05, 3.63) is 65.2 Å². The predicted molar refractivity (Wildman–Crippen MR) is 71.1 cm³/mol. The van der Waals surface area contributed by atoms with E-state index in [1.165, 1.54) is 12.1 Å². The zero-order chi connectivity index (χ0) is 15.4. The van der Waals surface area contributed by atoms with E-state index in [1.54, 1.807) is 12.1 Å². The van der Waals surface area contributed by atoms with Gasteiger partial charge in [-0.05, 0) is 30.3 Å². The Kier molecular flexibility index (Phi) is 4.27. The van der Waals surface area contributed by atoms with Gasteiger partial charge in [-0.1, -0.05) is 12.1 Å². The Morgan fingerprint density at radius 1 is 1.05 bits per heavy atom. The van der Waals surface area contributed by atoms with Gasteiger partial charge >= 0.3 is 0 Å². The van der Waals surface area contributed by atoms with Crippen LogP contribution in [-0.4, -0.2) is 18.3 Å². The fourth-order valence-electron chi connectivity index (χ4n) is 1.73. The molecule has 0 saturated carbocycles. The number of halogens is 2. The second-order valence-corrected chi connectivity index (χ2v) is 4.20. The van der Waals surface area contributed by atoms with Gasteiger partial charge in [0.05, 0.1) is 11.1 Å². The van der Waals surface area contributed by atoms with Gasteiger partial charge in [-0.25, -0.2) is 8.78 Å². The Morgan fingerprint density at radius 2 is 1.76 bits per heavy atom. The Balaban J connectivity index is 2.15. The number of benzene rings is 2. The summed E-state index contributed by atoms with van der Waals surface area (Å²) in [5.74, 6) is -2.91. The molecule has 0 spiro atoms. The van der Waals surface area contributed by atoms with Crippen molar-refractivity contribution in [1.29, 1.82) is 0 Å². The van der Waals surface area contributed by atoms with Crippen molar-refractivity contribution >= 4 is 11.7 Å². The summed E-state index contributed by atoms with van der Waals surface area (Å²) < 4.78 is 31.6. The van der Waals surface area contributed by atoms with Crippen molar-refractivity contribution in [2.45, 2.75) is 0 Å². The highest BCUT2D eigenvalue weighted by atomic mass is 19.1. The summed E-state index contributed by atoms with van der Waals surface area (Å²) >= 11 is 0. The monoisotopic (exact) mass is 291 g/mol. The number of hydrogen-bond acceptors (Lipinski definition) is 3. The van der Waals surface area contributed by atoms with Gasteiger partial charge < -0.3 is 10.5 Å². The number of rotatable bonds is 5. The third kappa shape index (κ3) is 3.42. The van der Waals surface area contributed by atoms with E-state index in [4.69, 9.17) is 10.5 Å². The molecule has 2 rings (SSSR count). The third-order valence-electron chi connectivity index (χ3n) is 2.74. The van der Waals surface area contributed by atoms with Gasteiger partial charge in [0.15, 0.2) is 6.61 Å². The van der Waals surface area contributed by atoms with Crippen LogP contribution in [0.5, 0.6) is 5.75 Å². The number of hydrogen-bond donors (Lipinski definition) is 1. The lowest BCUT2D eigenvalue weighted by Crippen LogP contribution is -2.17. The lowest BCUT2D eigenvalue weighted by Gasteiger charge is -2.09. The normalized spacial score (nSPS) is 10.2. The van der Waals surface area contributed by atoms with Crippen LogP contribution < -0.4 is 10.5 Å². The van der Waals surface area contributed by atoms with Crippen LogP contribution >= 0.6 is 0 Å². The van der Waals surface area contributed by atoms with Crippen molar-refractivity contribution in [3.8, 4) is 5.75 Å². The molecule has 0 aliphatic rings. The second-order valence-electron chi connectivity index (χ2n) is 4.20. The first-order valence-corrected chi connectivity index (χ1v) is 5.99. The van der Waals surface area contributed by atoms with E-state index in [9.17, 15) is 18.4 Å². The van der Waals surface area contributed by atoms with Gasteiger partial charge in [0.25, 0.3) is 5.91 Å². The summed E-state index contributed by atoms with van der Waals surface area (Å²) in [5, 5.41) is 0. The summed E-state index contributed by atoms with van der Waals surface area (Å²) in [5.41, 5.74) is 4.85. The quantitative estimate of drug-likeness (QED) is 0.859. The molecule has 0 unspecified atom stereocenters. The first-order valence-electron chi connectivity index (χ1n) is 5.99. The van der Waals surface area contributed by atoms with Crippen molar-refractivity contribution < 1.29 is 23.1 Å². The molecule has 0 heterocycles. The maximum Gasteiger partial charge on any atom is 0.252 e. The first kappa shape index (κ1) is 14.6. The number of nitrogens with two attached hydrogens (primary N) is 1. The van der Waals surface area contributed by atoms with E-state index in [1.807, 2.05) is 0 Å². The lowest BCUT2D eigenvalue weighted by atomic mass is 10.1. The summed E-state index contributed by atoms with van der Waals surface area (Å²) in [6.45, 7) is -0.537. The minimum absolute atomic E-state index is 0.102. The number of amides is 1. The molecular formula is C15H11F2NO3. The van der Waals surface area contributed by atoms with Crippen LogP contribution in [0.25, 0.3) is 0 Å². The molecule has 0 aliphatic carbocycles. The predicted octanol–water partition coefficient (Wildman–Crippen LogP) is 2.33. The van der Waals surface area contributed by atoms with E-state index in [0.29, 0.717) is 0 Å². The van der Waals surface area contributed by atoms with Gasteiger partial charge in [-0.3, -0.25) is 9.59 Å². The van der Waals surface area contributed by atoms with Crippen LogP contribution in [0.2, 0.25) is 0 Å². The molecule has 108 valence electrons. The Morgan fingerprint density at radius 3 is 2.48 bits per heavy atom. The molecule has 2 N–H and O–H groups in total. The van der Waals surface area contributed by atoms with E-state index in [-0.39, 0.29) is 11.3 Å². The minimum atomic E-state index is -0.840. The summed E-state index contributed by atoms with van der Waals surface area (Å²) in [4.78, 5) is 23.0. The van der Waals surface area contributed by atoms with Crippen molar-refractivity contribution in [2.75, 3.05) is 6.61 Å². The largest absolute Gasteiger partial charge is 0.485 e. The molecule has 2 aromatic rings. The summed E-state index contributed by atoms with van der Waals surface area (Å²) in [6.07, 6.45) is 0. The Bertz CT molecular complexity index is 701. The fourth-order valence-corrected chi connectivity index (χ4v) is 1.73. The number of ether oxygens (including phenoxy) is 1.